The molecule has 0 aliphatic heterocycles. The Kier molecular flexibility index (Phi) is 2.81. The van der Waals surface area contributed by atoms with Gasteiger partial charge in [0.15, 0.2) is 0 Å². The lowest BCUT2D eigenvalue weighted by molar-refractivity contribution is 0.0697. The van der Waals surface area contributed by atoms with Gasteiger partial charge in [0.05, 0.1) is 16.6 Å². The lowest BCUT2D eigenvalue weighted by Gasteiger charge is -2.33. The molecule has 1 fully saturated rings. The Hall–Kier alpha value is -1.84. The quantitative estimate of drug-likeness (QED) is 0.918. The molecule has 1 heterocycles. The summed E-state index contributed by atoms with van der Waals surface area (Å²) < 4.78 is 2.20. The van der Waals surface area contributed by atoms with E-state index in [4.69, 9.17) is 5.11 Å². The zero-order valence-electron chi connectivity index (χ0n) is 11.3. The molecule has 1 aliphatic rings. The fourth-order valence-corrected chi connectivity index (χ4v) is 2.99. The number of aromatic nitrogens is 2. The topological polar surface area (TPSA) is 55.1 Å². The molecule has 0 spiro atoms. The minimum Gasteiger partial charge on any atom is -0.478 e. The number of carbonyl (C=O) groups is 1. The highest BCUT2D eigenvalue weighted by Crippen LogP contribution is 2.38. The number of aryl methyl sites for hydroxylation is 1. The van der Waals surface area contributed by atoms with E-state index in [0.29, 0.717) is 17.5 Å². The molecule has 2 aromatic rings. The van der Waals surface area contributed by atoms with Crippen LogP contribution >= 0.6 is 0 Å². The predicted octanol–water partition coefficient (Wildman–Crippen LogP) is 3.40. The summed E-state index contributed by atoms with van der Waals surface area (Å²) in [6, 6.07) is 5.56. The lowest BCUT2D eigenvalue weighted by atomic mass is 9.80. The Morgan fingerprint density at radius 3 is 2.79 bits per heavy atom. The van der Waals surface area contributed by atoms with Crippen LogP contribution in [0.5, 0.6) is 0 Å². The van der Waals surface area contributed by atoms with Crippen molar-refractivity contribution in [1.29, 1.82) is 0 Å². The summed E-state index contributed by atoms with van der Waals surface area (Å²) in [7, 11) is 0. The van der Waals surface area contributed by atoms with E-state index in [1.807, 2.05) is 6.92 Å². The number of carboxylic acids is 1. The number of hydrogen-bond acceptors (Lipinski definition) is 2. The number of fused-ring (bicyclic) bond motifs is 1. The zero-order chi connectivity index (χ0) is 13.6. The van der Waals surface area contributed by atoms with Crippen LogP contribution in [0.2, 0.25) is 0 Å². The largest absolute Gasteiger partial charge is 0.478 e. The third-order valence-electron chi connectivity index (χ3n) is 4.35. The van der Waals surface area contributed by atoms with E-state index in [1.54, 1.807) is 18.2 Å². The molecule has 0 amide bonds. The van der Waals surface area contributed by atoms with Gasteiger partial charge in [0.2, 0.25) is 0 Å². The zero-order valence-corrected chi connectivity index (χ0v) is 11.3. The molecule has 0 saturated heterocycles. The molecule has 1 aliphatic carbocycles. The molecule has 1 atom stereocenters. The molecule has 0 radical (unpaired) electrons. The molecule has 100 valence electrons. The Morgan fingerprint density at radius 2 is 2.21 bits per heavy atom. The van der Waals surface area contributed by atoms with E-state index in [9.17, 15) is 4.79 Å². The van der Waals surface area contributed by atoms with E-state index in [-0.39, 0.29) is 0 Å². The van der Waals surface area contributed by atoms with Crippen molar-refractivity contribution >= 4 is 17.0 Å². The molecular formula is C15H18N2O2. The Labute approximate surface area is 112 Å². The maximum atomic E-state index is 11.1. The van der Waals surface area contributed by atoms with Gasteiger partial charge in [0.1, 0.15) is 5.82 Å². The predicted molar refractivity (Wildman–Crippen MR) is 73.5 cm³/mol. The monoisotopic (exact) mass is 258 g/mol. The van der Waals surface area contributed by atoms with Crippen molar-refractivity contribution in [1.82, 2.24) is 9.55 Å². The van der Waals surface area contributed by atoms with Gasteiger partial charge >= 0.3 is 5.97 Å². The smallest absolute Gasteiger partial charge is 0.335 e. The highest BCUT2D eigenvalue weighted by Gasteiger charge is 2.27. The molecule has 1 aromatic heterocycles. The van der Waals surface area contributed by atoms with E-state index < -0.39 is 5.97 Å². The van der Waals surface area contributed by atoms with Crippen LogP contribution in [0, 0.1) is 12.8 Å². The van der Waals surface area contributed by atoms with Gasteiger partial charge < -0.3 is 9.67 Å². The number of imidazole rings is 1. The van der Waals surface area contributed by atoms with Gasteiger partial charge in [-0.05, 0) is 50.8 Å². The van der Waals surface area contributed by atoms with E-state index >= 15 is 0 Å². The van der Waals surface area contributed by atoms with Crippen LogP contribution < -0.4 is 0 Å². The number of hydrogen-bond donors (Lipinski definition) is 1. The number of benzene rings is 1. The highest BCUT2D eigenvalue weighted by atomic mass is 16.4. The van der Waals surface area contributed by atoms with Crippen LogP contribution in [-0.2, 0) is 0 Å². The highest BCUT2D eigenvalue weighted by molar-refractivity contribution is 5.92. The molecule has 1 aromatic carbocycles. The first-order valence-electron chi connectivity index (χ1n) is 6.80. The third-order valence-corrected chi connectivity index (χ3v) is 4.35. The molecule has 1 saturated carbocycles. The van der Waals surface area contributed by atoms with Crippen molar-refractivity contribution in [3.8, 4) is 0 Å². The van der Waals surface area contributed by atoms with Crippen molar-refractivity contribution in [2.75, 3.05) is 0 Å². The van der Waals surface area contributed by atoms with Crippen LogP contribution in [0.15, 0.2) is 18.2 Å². The number of aromatic carboxylic acids is 1. The normalized spacial score (nSPS) is 17.4. The van der Waals surface area contributed by atoms with Gasteiger partial charge in [-0.3, -0.25) is 0 Å². The van der Waals surface area contributed by atoms with Crippen LogP contribution in [0.25, 0.3) is 11.0 Å². The maximum absolute atomic E-state index is 11.1. The number of rotatable bonds is 3. The van der Waals surface area contributed by atoms with Crippen molar-refractivity contribution in [3.05, 3.63) is 29.6 Å². The van der Waals surface area contributed by atoms with Crippen molar-refractivity contribution in [3.63, 3.8) is 0 Å². The van der Waals surface area contributed by atoms with Crippen molar-refractivity contribution in [2.45, 2.75) is 39.2 Å². The van der Waals surface area contributed by atoms with E-state index in [1.165, 1.54) is 19.3 Å². The van der Waals surface area contributed by atoms with Crippen LogP contribution in [0.4, 0.5) is 0 Å². The summed E-state index contributed by atoms with van der Waals surface area (Å²) in [6.07, 6.45) is 3.83. The van der Waals surface area contributed by atoms with Crippen LogP contribution in [0.3, 0.4) is 0 Å². The van der Waals surface area contributed by atoms with Crippen LogP contribution in [-0.4, -0.2) is 20.6 Å². The lowest BCUT2D eigenvalue weighted by Crippen LogP contribution is -2.23. The fraction of sp³-hybridized carbons (Fsp3) is 0.467. The fourth-order valence-electron chi connectivity index (χ4n) is 2.99. The Morgan fingerprint density at radius 1 is 1.47 bits per heavy atom. The van der Waals surface area contributed by atoms with Gasteiger partial charge in [0.25, 0.3) is 0 Å². The maximum Gasteiger partial charge on any atom is 0.335 e. The minimum atomic E-state index is -0.886. The summed E-state index contributed by atoms with van der Waals surface area (Å²) in [5.74, 6) is 0.783. The van der Waals surface area contributed by atoms with Crippen molar-refractivity contribution < 1.29 is 9.90 Å². The Bertz CT molecular complexity index is 641. The number of carboxylic acid groups (broad SMARTS) is 1. The van der Waals surface area contributed by atoms with Gasteiger partial charge in [-0.1, -0.05) is 6.42 Å². The molecule has 4 nitrogen and oxygen atoms in total. The summed E-state index contributed by atoms with van der Waals surface area (Å²) >= 11 is 0. The Balaban J connectivity index is 2.13. The summed E-state index contributed by atoms with van der Waals surface area (Å²) in [6.45, 7) is 4.21. The van der Waals surface area contributed by atoms with E-state index in [0.717, 1.165) is 16.9 Å². The van der Waals surface area contributed by atoms with E-state index in [2.05, 4.69) is 16.5 Å². The average molecular weight is 258 g/mol. The minimum absolute atomic E-state index is 0.328. The molecule has 1 unspecified atom stereocenters. The van der Waals surface area contributed by atoms with Crippen molar-refractivity contribution in [2.24, 2.45) is 5.92 Å². The first kappa shape index (κ1) is 12.2. The molecule has 1 N–H and O–H groups in total. The second-order valence-electron chi connectivity index (χ2n) is 5.47. The van der Waals surface area contributed by atoms with Gasteiger partial charge in [-0.2, -0.15) is 0 Å². The summed E-state index contributed by atoms with van der Waals surface area (Å²) in [5.41, 5.74) is 2.15. The summed E-state index contributed by atoms with van der Waals surface area (Å²) in [5, 5.41) is 9.12. The summed E-state index contributed by atoms with van der Waals surface area (Å²) in [4.78, 5) is 15.6. The third kappa shape index (κ3) is 1.91. The van der Waals surface area contributed by atoms with Gasteiger partial charge in [-0.15, -0.1) is 0 Å². The van der Waals surface area contributed by atoms with Gasteiger partial charge in [0, 0.05) is 6.04 Å². The molecule has 0 bridgehead atoms. The molecule has 19 heavy (non-hydrogen) atoms. The SMILES string of the molecule is Cc1nc2ccc(C(=O)O)cc2n1C(C)C1CCC1. The first-order valence-corrected chi connectivity index (χ1v) is 6.80. The second-order valence-corrected chi connectivity index (χ2v) is 5.47. The van der Waals surface area contributed by atoms with Crippen LogP contribution in [0.1, 0.15) is 48.4 Å². The first-order chi connectivity index (χ1) is 9.08. The molecule has 4 heteroatoms. The molecule has 3 rings (SSSR count). The number of nitrogens with zero attached hydrogens (tertiary/aromatic N) is 2. The second kappa shape index (κ2) is 4.37. The molecular weight excluding hydrogens is 240 g/mol. The average Bonchev–Trinajstić information content (AvgIpc) is 2.61. The van der Waals surface area contributed by atoms with Gasteiger partial charge in [-0.25, -0.2) is 9.78 Å². The standard InChI is InChI=1S/C15H18N2O2/c1-9(11-4-3-5-11)17-10(2)16-13-7-6-12(15(18)19)8-14(13)17/h6-9,11H,3-5H2,1-2H3,(H,18,19).